The van der Waals surface area contributed by atoms with Gasteiger partial charge in [0.25, 0.3) is 0 Å². The third-order valence-corrected chi connectivity index (χ3v) is 16.0. The quantitative estimate of drug-likeness (QED) is 0.154. The van der Waals surface area contributed by atoms with Crippen LogP contribution in [0.1, 0.15) is 92.5 Å². The number of piperidine rings is 1. The zero-order valence-corrected chi connectivity index (χ0v) is 40.7. The van der Waals surface area contributed by atoms with Gasteiger partial charge < -0.3 is 24.4 Å². The highest BCUT2D eigenvalue weighted by Gasteiger charge is 2.39. The molecule has 12 rings (SSSR count). The van der Waals surface area contributed by atoms with Crippen molar-refractivity contribution in [3.8, 4) is 10.8 Å². The number of hydrogen-bond acceptors (Lipinski definition) is 11. The molecular formula is C56H64N8O3S. The predicted octanol–water partition coefficient (Wildman–Crippen LogP) is 9.62. The van der Waals surface area contributed by atoms with Crippen LogP contribution in [0.4, 0.5) is 5.69 Å². The van der Waals surface area contributed by atoms with Crippen molar-refractivity contribution in [2.75, 3.05) is 57.3 Å². The van der Waals surface area contributed by atoms with E-state index in [-0.39, 0.29) is 0 Å². The molecule has 12 heteroatoms. The van der Waals surface area contributed by atoms with Gasteiger partial charge >= 0.3 is 0 Å². The molecule has 2 N–H and O–H groups in total. The molecule has 0 bridgehead atoms. The van der Waals surface area contributed by atoms with Gasteiger partial charge in [-0.1, -0.05) is 78.9 Å². The molecule has 0 saturated carbocycles. The molecule has 4 aromatic carbocycles. The Morgan fingerprint density at radius 1 is 0.779 bits per heavy atom. The van der Waals surface area contributed by atoms with Crippen molar-refractivity contribution >= 4 is 22.7 Å². The fourth-order valence-electron chi connectivity index (χ4n) is 10.8. The Morgan fingerprint density at radius 3 is 2.19 bits per heavy atom. The molecule has 7 aromatic rings. The first kappa shape index (κ1) is 45.8. The number of rotatable bonds is 8. The first-order chi connectivity index (χ1) is 33.1. The maximum atomic E-state index is 11.5. The normalized spacial score (nSPS) is 19.1. The molecule has 7 heterocycles. The lowest BCUT2D eigenvalue weighted by Crippen LogP contribution is -2.57. The molecular weight excluding hydrogens is 865 g/mol. The van der Waals surface area contributed by atoms with E-state index in [4.69, 9.17) is 9.41 Å². The maximum absolute atomic E-state index is 11.5. The number of oxazole rings is 1. The van der Waals surface area contributed by atoms with Crippen LogP contribution in [0.3, 0.4) is 0 Å². The van der Waals surface area contributed by atoms with Gasteiger partial charge in [-0.15, -0.1) is 21.5 Å². The Balaban J connectivity index is 0.000000191. The van der Waals surface area contributed by atoms with Crippen LogP contribution < -0.4 is 4.90 Å². The summed E-state index contributed by atoms with van der Waals surface area (Å²) in [6.07, 6.45) is 8.27. The van der Waals surface area contributed by atoms with Crippen molar-refractivity contribution in [2.45, 2.75) is 83.8 Å². The molecule has 4 aliphatic heterocycles. The minimum absolute atomic E-state index is 0.391. The van der Waals surface area contributed by atoms with E-state index < -0.39 is 5.60 Å². The molecule has 5 aliphatic rings. The average Bonchev–Trinajstić information content (AvgIpc) is 4.02. The molecule has 1 aliphatic carbocycles. The summed E-state index contributed by atoms with van der Waals surface area (Å²) < 4.78 is 6.90. The average molecular weight is 929 g/mol. The Bertz CT molecular complexity index is 2800. The number of anilines is 1. The number of benzene rings is 4. The number of aliphatic imine (C=N–C) groups is 1. The number of thiophene rings is 1. The zero-order valence-electron chi connectivity index (χ0n) is 39.9. The van der Waals surface area contributed by atoms with Crippen LogP contribution >= 0.6 is 11.3 Å². The first-order valence-corrected chi connectivity index (χ1v) is 25.2. The fourth-order valence-corrected chi connectivity index (χ4v) is 12.0. The van der Waals surface area contributed by atoms with Crippen molar-refractivity contribution in [3.63, 3.8) is 0 Å². The summed E-state index contributed by atoms with van der Waals surface area (Å²) in [7, 11) is 0. The summed E-state index contributed by atoms with van der Waals surface area (Å²) in [6, 6.07) is 36.3. The summed E-state index contributed by atoms with van der Waals surface area (Å²) in [5.74, 6) is 4.80. The molecule has 0 spiro atoms. The van der Waals surface area contributed by atoms with E-state index in [0.717, 1.165) is 113 Å². The Morgan fingerprint density at radius 2 is 1.50 bits per heavy atom. The lowest BCUT2D eigenvalue weighted by atomic mass is 9.80. The lowest BCUT2D eigenvalue weighted by Gasteiger charge is -2.48. The standard InChI is InChI=1S/C36H43N7OS.C16H16O.C4H5NO/c1-24-25(2)45-35-33(24)34(37-17-32-39-38-26(3)43(32)35)29-11-9-28(10-12-29)30-21-41(22-30)23-36(44)13-15-40(16-14-36)18-27-19-42(20-27)31-7-5-4-6-8-31;17-16-9-8-14-10-13(6-7-15(14)11-16)12-4-2-1-3-5-12;1-4-5-2-3-6-4/h4-12,27,30,44H,13-23H2,1-3H3;1-5,8-9,11,13,17H,6-7,10H2;2-3H,1H3/t;13-;/m.0./s1. The smallest absolute Gasteiger partial charge is 0.190 e. The van der Waals surface area contributed by atoms with Gasteiger partial charge in [0.1, 0.15) is 29.4 Å². The summed E-state index contributed by atoms with van der Waals surface area (Å²) in [5.41, 5.74) is 11.0. The highest BCUT2D eigenvalue weighted by molar-refractivity contribution is 7.15. The predicted molar refractivity (Wildman–Crippen MR) is 272 cm³/mol. The van der Waals surface area contributed by atoms with Crippen molar-refractivity contribution < 1.29 is 14.6 Å². The minimum atomic E-state index is -0.561. The second kappa shape index (κ2) is 20.0. The fraction of sp³-hybridized carbons (Fsp3) is 0.393. The topological polar surface area (TPSA) is 119 Å². The van der Waals surface area contributed by atoms with Gasteiger partial charge in [0.15, 0.2) is 11.7 Å². The van der Waals surface area contributed by atoms with Gasteiger partial charge in [0, 0.05) is 92.8 Å². The van der Waals surface area contributed by atoms with E-state index in [1.54, 1.807) is 36.8 Å². The van der Waals surface area contributed by atoms with Gasteiger partial charge in [-0.3, -0.25) is 14.5 Å². The van der Waals surface area contributed by atoms with E-state index in [9.17, 15) is 10.2 Å². The number of nitrogens with zero attached hydrogens (tertiary/aromatic N) is 8. The molecule has 0 radical (unpaired) electrons. The van der Waals surface area contributed by atoms with Gasteiger partial charge in [0.2, 0.25) is 0 Å². The van der Waals surface area contributed by atoms with Crippen LogP contribution in [0.25, 0.3) is 5.00 Å². The van der Waals surface area contributed by atoms with E-state index >= 15 is 0 Å². The molecule has 0 unspecified atom stereocenters. The molecule has 3 saturated heterocycles. The number of aliphatic hydroxyl groups is 1. The third-order valence-electron chi connectivity index (χ3n) is 14.8. The van der Waals surface area contributed by atoms with Crippen LogP contribution in [0.15, 0.2) is 125 Å². The number of phenolic OH excluding ortho intramolecular Hbond substituents is 1. The molecule has 1 atom stereocenters. The molecule has 0 amide bonds. The first-order valence-electron chi connectivity index (χ1n) is 24.4. The van der Waals surface area contributed by atoms with E-state index in [2.05, 4.69) is 139 Å². The summed E-state index contributed by atoms with van der Waals surface area (Å²) in [6.45, 7) is 17.0. The van der Waals surface area contributed by atoms with Gasteiger partial charge in [-0.05, 0) is 111 Å². The number of aromatic hydroxyl groups is 1. The molecule has 68 heavy (non-hydrogen) atoms. The van der Waals surface area contributed by atoms with E-state index in [1.807, 2.05) is 13.0 Å². The zero-order chi connectivity index (χ0) is 46.8. The Hall–Kier alpha value is -5.92. The van der Waals surface area contributed by atoms with Gasteiger partial charge in [-0.2, -0.15) is 0 Å². The number of phenols is 1. The Kier molecular flexibility index (Phi) is 13.5. The molecule has 11 nitrogen and oxygen atoms in total. The van der Waals surface area contributed by atoms with E-state index in [0.29, 0.717) is 24.1 Å². The molecule has 3 fully saturated rings. The Labute approximate surface area is 404 Å². The number of fused-ring (bicyclic) bond motifs is 4. The second-order valence-electron chi connectivity index (χ2n) is 19.6. The van der Waals surface area contributed by atoms with Gasteiger partial charge in [0.05, 0.1) is 17.5 Å². The van der Waals surface area contributed by atoms with Crippen molar-refractivity contribution in [3.05, 3.63) is 177 Å². The number of likely N-dealkylation sites (tertiary alicyclic amines) is 2. The summed E-state index contributed by atoms with van der Waals surface area (Å²) in [5, 5.41) is 30.8. The van der Waals surface area contributed by atoms with Crippen molar-refractivity contribution in [2.24, 2.45) is 10.9 Å². The van der Waals surface area contributed by atoms with Crippen molar-refractivity contribution in [1.29, 1.82) is 0 Å². The molecule has 352 valence electrons. The number of hydrogen-bond donors (Lipinski definition) is 2. The number of para-hydroxylation sites is 1. The van der Waals surface area contributed by atoms with Crippen LogP contribution in [-0.4, -0.2) is 103 Å². The lowest BCUT2D eigenvalue weighted by molar-refractivity contribution is -0.0620. The highest BCUT2D eigenvalue weighted by atomic mass is 32.1. The SMILES string of the molecule is Cc1ncco1.Cc1sc2c(c1C)C(c1ccc(C3CN(CC4(O)CCN(CC5CN(c6ccccc6)C5)CC4)C3)cc1)=NCc1nnc(C)n1-2.Oc1ccc2c(c1)CC[C@H](c1ccccc1)C2. The third kappa shape index (κ3) is 10.1. The van der Waals surface area contributed by atoms with Gasteiger partial charge in [-0.25, -0.2) is 4.98 Å². The van der Waals surface area contributed by atoms with E-state index in [1.165, 1.54) is 55.4 Å². The van der Waals surface area contributed by atoms with Crippen LogP contribution in [-0.2, 0) is 19.4 Å². The number of β-amino-alcohol motifs (C(OH)–C–C–N with tert-alkyl or cyclic N) is 1. The van der Waals surface area contributed by atoms with Crippen LogP contribution in [0.5, 0.6) is 5.75 Å². The van der Waals surface area contributed by atoms with Crippen molar-refractivity contribution in [1.82, 2.24) is 29.5 Å². The minimum Gasteiger partial charge on any atom is -0.508 e. The molecule has 3 aromatic heterocycles. The largest absolute Gasteiger partial charge is 0.508 e. The number of aryl methyl sites for hydroxylation is 4. The number of aromatic nitrogens is 4. The monoisotopic (exact) mass is 928 g/mol. The summed E-state index contributed by atoms with van der Waals surface area (Å²) >= 11 is 1.80. The highest BCUT2D eigenvalue weighted by Crippen LogP contribution is 2.38. The maximum Gasteiger partial charge on any atom is 0.190 e. The van der Waals surface area contributed by atoms with Crippen LogP contribution in [0.2, 0.25) is 0 Å². The second-order valence-corrected chi connectivity index (χ2v) is 20.8. The van der Waals surface area contributed by atoms with Crippen LogP contribution in [0, 0.1) is 33.6 Å². The summed E-state index contributed by atoms with van der Waals surface area (Å²) in [4.78, 5) is 17.6.